The van der Waals surface area contributed by atoms with Gasteiger partial charge in [0.1, 0.15) is 0 Å². The molecule has 108 valence electrons. The van der Waals surface area contributed by atoms with Crippen molar-refractivity contribution in [2.24, 2.45) is 5.92 Å². The van der Waals surface area contributed by atoms with Gasteiger partial charge in [-0.25, -0.2) is 18.1 Å². The molecule has 1 aliphatic rings. The molecule has 0 amide bonds. The molecule has 1 saturated carbocycles. The molecular formula is C12H19BrN2O2S2. The summed E-state index contributed by atoms with van der Waals surface area (Å²) < 4.78 is 28.1. The van der Waals surface area contributed by atoms with Crippen molar-refractivity contribution in [1.29, 1.82) is 0 Å². The van der Waals surface area contributed by atoms with E-state index in [9.17, 15) is 8.42 Å². The Hall–Kier alpha value is 0.0200. The van der Waals surface area contributed by atoms with E-state index in [1.807, 2.05) is 6.92 Å². The van der Waals surface area contributed by atoms with Crippen LogP contribution in [0.4, 0.5) is 0 Å². The maximum atomic E-state index is 12.4. The lowest BCUT2D eigenvalue weighted by molar-refractivity contribution is 0.242. The number of nitrogens with zero attached hydrogens (tertiary/aromatic N) is 1. The molecule has 2 rings (SSSR count). The first-order valence-corrected chi connectivity index (χ1v) is 9.81. The SMILES string of the molecule is Cc1ncc(S(=O)(=O)NC2(CBr)CCCC(C)C2)s1. The Balaban J connectivity index is 2.22. The highest BCUT2D eigenvalue weighted by Gasteiger charge is 2.38. The number of hydrogen-bond acceptors (Lipinski definition) is 4. The fourth-order valence-electron chi connectivity index (χ4n) is 2.70. The van der Waals surface area contributed by atoms with Crippen molar-refractivity contribution >= 4 is 37.3 Å². The number of rotatable bonds is 4. The second-order valence-electron chi connectivity index (χ2n) is 5.42. The van der Waals surface area contributed by atoms with Crippen LogP contribution >= 0.6 is 27.3 Å². The minimum atomic E-state index is -3.46. The largest absolute Gasteiger partial charge is 0.252 e. The summed E-state index contributed by atoms with van der Waals surface area (Å²) in [6.07, 6.45) is 5.46. The van der Waals surface area contributed by atoms with Gasteiger partial charge in [-0.15, -0.1) is 11.3 Å². The summed E-state index contributed by atoms with van der Waals surface area (Å²) >= 11 is 4.70. The average molecular weight is 367 g/mol. The number of halogens is 1. The first-order chi connectivity index (χ1) is 8.87. The Labute approximate surface area is 127 Å². The van der Waals surface area contributed by atoms with Crippen molar-refractivity contribution in [1.82, 2.24) is 9.71 Å². The van der Waals surface area contributed by atoms with Crippen molar-refractivity contribution in [3.63, 3.8) is 0 Å². The van der Waals surface area contributed by atoms with Gasteiger partial charge in [0, 0.05) is 10.9 Å². The van der Waals surface area contributed by atoms with Gasteiger partial charge in [-0.05, 0) is 25.7 Å². The number of nitrogens with one attached hydrogen (secondary N) is 1. The zero-order valence-electron chi connectivity index (χ0n) is 11.1. The van der Waals surface area contributed by atoms with Gasteiger partial charge >= 0.3 is 0 Å². The minimum Gasteiger partial charge on any atom is -0.249 e. The lowest BCUT2D eigenvalue weighted by Gasteiger charge is -2.39. The highest BCUT2D eigenvalue weighted by Crippen LogP contribution is 2.35. The van der Waals surface area contributed by atoms with Crippen LogP contribution in [0.5, 0.6) is 0 Å². The zero-order valence-corrected chi connectivity index (χ0v) is 14.4. The highest BCUT2D eigenvalue weighted by atomic mass is 79.9. The molecule has 0 aromatic carbocycles. The van der Waals surface area contributed by atoms with Crippen LogP contribution < -0.4 is 4.72 Å². The molecule has 4 nitrogen and oxygen atoms in total. The van der Waals surface area contributed by atoms with E-state index >= 15 is 0 Å². The molecule has 0 bridgehead atoms. The molecule has 1 N–H and O–H groups in total. The Morgan fingerprint density at radius 3 is 2.89 bits per heavy atom. The van der Waals surface area contributed by atoms with Crippen molar-refractivity contribution in [3.8, 4) is 0 Å². The van der Waals surface area contributed by atoms with Gasteiger partial charge in [-0.2, -0.15) is 0 Å². The average Bonchev–Trinajstić information content (AvgIpc) is 2.76. The number of sulfonamides is 1. The second kappa shape index (κ2) is 5.79. The summed E-state index contributed by atoms with van der Waals surface area (Å²) in [5.41, 5.74) is -0.353. The molecule has 0 radical (unpaired) electrons. The normalized spacial score (nSPS) is 28.5. The molecule has 2 atom stereocenters. The number of thiazole rings is 1. The fourth-order valence-corrected chi connectivity index (χ4v) is 6.09. The summed E-state index contributed by atoms with van der Waals surface area (Å²) in [7, 11) is -3.46. The van der Waals surface area contributed by atoms with E-state index in [1.54, 1.807) is 0 Å². The Morgan fingerprint density at radius 1 is 1.63 bits per heavy atom. The maximum absolute atomic E-state index is 12.4. The van der Waals surface area contributed by atoms with Gasteiger partial charge in [0.15, 0.2) is 4.21 Å². The third-order valence-corrected chi connectivity index (χ3v) is 7.59. The molecule has 1 aromatic rings. The molecule has 1 aliphatic carbocycles. The summed E-state index contributed by atoms with van der Waals surface area (Å²) in [5, 5.41) is 1.42. The first kappa shape index (κ1) is 15.4. The van der Waals surface area contributed by atoms with Crippen LogP contribution in [0.25, 0.3) is 0 Å². The first-order valence-electron chi connectivity index (χ1n) is 6.39. The Morgan fingerprint density at radius 2 is 2.37 bits per heavy atom. The molecule has 0 saturated heterocycles. The number of aryl methyl sites for hydroxylation is 1. The molecule has 1 aromatic heterocycles. The van der Waals surface area contributed by atoms with Crippen molar-refractivity contribution in [3.05, 3.63) is 11.2 Å². The molecule has 1 fully saturated rings. The number of aromatic nitrogens is 1. The van der Waals surface area contributed by atoms with Crippen LogP contribution in [-0.4, -0.2) is 24.3 Å². The Kier molecular flexibility index (Phi) is 4.70. The molecule has 19 heavy (non-hydrogen) atoms. The summed E-state index contributed by atoms with van der Waals surface area (Å²) in [6, 6.07) is 0. The fraction of sp³-hybridized carbons (Fsp3) is 0.750. The standard InChI is InChI=1S/C12H19BrN2O2S2/c1-9-4-3-5-12(6-9,8-13)15-19(16,17)11-7-14-10(2)18-11/h7,9,15H,3-6,8H2,1-2H3. The van der Waals surface area contributed by atoms with E-state index in [4.69, 9.17) is 0 Å². The van der Waals surface area contributed by atoms with Crippen LogP contribution in [0.15, 0.2) is 10.4 Å². The van der Waals surface area contributed by atoms with Crippen LogP contribution in [0.3, 0.4) is 0 Å². The van der Waals surface area contributed by atoms with Gasteiger partial charge in [0.05, 0.1) is 11.2 Å². The van der Waals surface area contributed by atoms with Crippen molar-refractivity contribution in [2.45, 2.75) is 49.3 Å². The number of hydrogen-bond donors (Lipinski definition) is 1. The van der Waals surface area contributed by atoms with E-state index in [-0.39, 0.29) is 5.54 Å². The third-order valence-electron chi connectivity index (χ3n) is 3.56. The maximum Gasteiger partial charge on any atom is 0.252 e. The molecular weight excluding hydrogens is 348 g/mol. The van der Waals surface area contributed by atoms with Crippen molar-refractivity contribution < 1.29 is 8.42 Å². The van der Waals surface area contributed by atoms with Crippen LogP contribution in [0.1, 0.15) is 37.6 Å². The smallest absolute Gasteiger partial charge is 0.249 e. The van der Waals surface area contributed by atoms with Gasteiger partial charge in [0.2, 0.25) is 0 Å². The topological polar surface area (TPSA) is 59.1 Å². The van der Waals surface area contributed by atoms with Crippen LogP contribution in [-0.2, 0) is 10.0 Å². The second-order valence-corrected chi connectivity index (χ2v) is 9.12. The van der Waals surface area contributed by atoms with E-state index in [0.717, 1.165) is 24.3 Å². The van der Waals surface area contributed by atoms with Crippen molar-refractivity contribution in [2.75, 3.05) is 5.33 Å². The molecule has 2 unspecified atom stereocenters. The number of alkyl halides is 1. The van der Waals surface area contributed by atoms with E-state index in [1.165, 1.54) is 24.0 Å². The molecule has 0 spiro atoms. The lowest BCUT2D eigenvalue weighted by Crippen LogP contribution is -2.52. The molecule has 7 heteroatoms. The van der Waals surface area contributed by atoms with Crippen LogP contribution in [0, 0.1) is 12.8 Å². The minimum absolute atomic E-state index is 0.309. The predicted octanol–water partition coefficient (Wildman–Crippen LogP) is 3.07. The van der Waals surface area contributed by atoms with E-state index in [2.05, 4.69) is 32.6 Å². The highest BCUT2D eigenvalue weighted by molar-refractivity contribution is 9.09. The third kappa shape index (κ3) is 3.56. The van der Waals surface area contributed by atoms with Gasteiger partial charge in [-0.1, -0.05) is 35.7 Å². The Bertz CT molecular complexity index is 544. The zero-order chi connectivity index (χ0) is 14.1. The lowest BCUT2D eigenvalue weighted by atomic mass is 9.78. The predicted molar refractivity (Wildman–Crippen MR) is 81.3 cm³/mol. The van der Waals surface area contributed by atoms with E-state index in [0.29, 0.717) is 15.5 Å². The van der Waals surface area contributed by atoms with E-state index < -0.39 is 10.0 Å². The summed E-state index contributed by atoms with van der Waals surface area (Å²) in [6.45, 7) is 3.99. The summed E-state index contributed by atoms with van der Waals surface area (Å²) in [5.74, 6) is 0.553. The molecule has 0 aliphatic heterocycles. The quantitative estimate of drug-likeness (QED) is 0.832. The molecule has 1 heterocycles. The summed E-state index contributed by atoms with van der Waals surface area (Å²) in [4.78, 5) is 4.03. The van der Waals surface area contributed by atoms with Gasteiger partial charge < -0.3 is 0 Å². The van der Waals surface area contributed by atoms with Crippen LogP contribution in [0.2, 0.25) is 0 Å². The monoisotopic (exact) mass is 366 g/mol. The van der Waals surface area contributed by atoms with Gasteiger partial charge in [0.25, 0.3) is 10.0 Å². The van der Waals surface area contributed by atoms with Gasteiger partial charge in [-0.3, -0.25) is 0 Å².